The highest BCUT2D eigenvalue weighted by molar-refractivity contribution is 5.94. The maximum Gasteiger partial charge on any atom is 0.411 e. The van der Waals surface area contributed by atoms with Crippen molar-refractivity contribution in [3.05, 3.63) is 70.7 Å². The second-order valence-electron chi connectivity index (χ2n) is 12.0. The highest BCUT2D eigenvalue weighted by Crippen LogP contribution is 2.45. The van der Waals surface area contributed by atoms with Crippen LogP contribution in [0.3, 0.4) is 0 Å². The first kappa shape index (κ1) is 29.1. The van der Waals surface area contributed by atoms with E-state index in [1.54, 1.807) is 38.5 Å². The van der Waals surface area contributed by atoms with Crippen molar-refractivity contribution in [3.63, 3.8) is 0 Å². The molecular formula is C31H39N7O4. The molecule has 0 bridgehead atoms. The molecule has 0 radical (unpaired) electrons. The molecule has 0 spiro atoms. The fourth-order valence-corrected chi connectivity index (χ4v) is 4.93. The molecule has 1 aliphatic heterocycles. The molecule has 0 saturated heterocycles. The molecule has 2 N–H and O–H groups in total. The molecule has 3 amide bonds. The second kappa shape index (κ2) is 11.8. The van der Waals surface area contributed by atoms with Gasteiger partial charge in [-0.25, -0.2) is 9.78 Å². The summed E-state index contributed by atoms with van der Waals surface area (Å²) in [5.74, 6) is 0.407. The fourth-order valence-electron chi connectivity index (χ4n) is 4.93. The van der Waals surface area contributed by atoms with Crippen LogP contribution in [0.2, 0.25) is 0 Å². The highest BCUT2D eigenvalue weighted by Gasteiger charge is 2.38. The van der Waals surface area contributed by atoms with Crippen molar-refractivity contribution >= 4 is 29.4 Å². The van der Waals surface area contributed by atoms with Crippen molar-refractivity contribution in [1.82, 2.24) is 25.0 Å². The predicted octanol–water partition coefficient (Wildman–Crippen LogP) is 4.40. The molecule has 2 aromatic heterocycles. The molecule has 1 aliphatic carbocycles. The molecular weight excluding hydrogens is 534 g/mol. The van der Waals surface area contributed by atoms with Gasteiger partial charge in [-0.2, -0.15) is 5.10 Å². The molecule has 2 aliphatic rings. The standard InChI is InChI=1S/C31H39N7O4/c1-20(2)38-25-12-15-37(26-11-8-22(17-32-26)29(40)36(4)5)18-24(25)27(35-38)28(39)33-16-21-6-9-23(10-7-21)34-30(41)42-19-31(3)13-14-31/h6-11,17,20H,12-16,18-19H2,1-5H3,(H,33,39)(H,34,41). The van der Waals surface area contributed by atoms with E-state index in [1.807, 2.05) is 22.9 Å². The van der Waals surface area contributed by atoms with E-state index in [1.165, 1.54) is 4.90 Å². The van der Waals surface area contributed by atoms with Gasteiger partial charge in [0.15, 0.2) is 5.69 Å². The van der Waals surface area contributed by atoms with Crippen molar-refractivity contribution in [2.75, 3.05) is 37.5 Å². The van der Waals surface area contributed by atoms with Gasteiger partial charge in [0.25, 0.3) is 11.8 Å². The Hall–Kier alpha value is -4.41. The van der Waals surface area contributed by atoms with Gasteiger partial charge in [0.1, 0.15) is 5.82 Å². The minimum atomic E-state index is -0.461. The smallest absolute Gasteiger partial charge is 0.411 e. The minimum Gasteiger partial charge on any atom is -0.449 e. The third-order valence-corrected chi connectivity index (χ3v) is 7.82. The van der Waals surface area contributed by atoms with Gasteiger partial charge in [-0.05, 0) is 56.5 Å². The molecule has 1 fully saturated rings. The van der Waals surface area contributed by atoms with Crippen LogP contribution in [-0.4, -0.2) is 64.8 Å². The number of rotatable bonds is 9. The van der Waals surface area contributed by atoms with E-state index in [0.29, 0.717) is 36.6 Å². The van der Waals surface area contributed by atoms with Gasteiger partial charge in [-0.1, -0.05) is 19.1 Å². The van der Waals surface area contributed by atoms with Crippen molar-refractivity contribution in [3.8, 4) is 0 Å². The Balaban J connectivity index is 1.23. The second-order valence-corrected chi connectivity index (χ2v) is 12.0. The molecule has 5 rings (SSSR count). The largest absolute Gasteiger partial charge is 0.449 e. The number of nitrogens with zero attached hydrogens (tertiary/aromatic N) is 5. The van der Waals surface area contributed by atoms with E-state index in [0.717, 1.165) is 48.4 Å². The predicted molar refractivity (Wildman–Crippen MR) is 160 cm³/mol. The number of ether oxygens (including phenoxy) is 1. The lowest BCUT2D eigenvalue weighted by atomic mass is 10.0. The van der Waals surface area contributed by atoms with Gasteiger partial charge in [0.2, 0.25) is 0 Å². The summed E-state index contributed by atoms with van der Waals surface area (Å²) in [6.45, 7) is 8.19. The van der Waals surface area contributed by atoms with Gasteiger partial charge in [-0.3, -0.25) is 19.6 Å². The summed E-state index contributed by atoms with van der Waals surface area (Å²) in [6.07, 6.45) is 4.04. The summed E-state index contributed by atoms with van der Waals surface area (Å²) in [5, 5.41) is 10.5. The molecule has 11 heteroatoms. The topological polar surface area (TPSA) is 122 Å². The number of hydrogen-bond donors (Lipinski definition) is 2. The van der Waals surface area contributed by atoms with Crippen molar-refractivity contribution in [1.29, 1.82) is 0 Å². The van der Waals surface area contributed by atoms with Crippen LogP contribution >= 0.6 is 0 Å². The van der Waals surface area contributed by atoms with Crippen LogP contribution < -0.4 is 15.5 Å². The van der Waals surface area contributed by atoms with Crippen LogP contribution in [0.4, 0.5) is 16.3 Å². The van der Waals surface area contributed by atoms with Gasteiger partial charge in [-0.15, -0.1) is 0 Å². The number of anilines is 2. The van der Waals surface area contributed by atoms with Crippen LogP contribution in [0.5, 0.6) is 0 Å². The van der Waals surface area contributed by atoms with Crippen molar-refractivity contribution < 1.29 is 19.1 Å². The van der Waals surface area contributed by atoms with Gasteiger partial charge in [0, 0.05) is 74.7 Å². The van der Waals surface area contributed by atoms with E-state index in [9.17, 15) is 14.4 Å². The maximum absolute atomic E-state index is 13.4. The average molecular weight is 574 g/mol. The van der Waals surface area contributed by atoms with E-state index in [-0.39, 0.29) is 23.3 Å². The minimum absolute atomic E-state index is 0.0983. The number of hydrogen-bond acceptors (Lipinski definition) is 7. The summed E-state index contributed by atoms with van der Waals surface area (Å²) in [6, 6.07) is 11.0. The molecule has 0 atom stereocenters. The first-order valence-electron chi connectivity index (χ1n) is 14.4. The first-order chi connectivity index (χ1) is 20.0. The Morgan fingerprint density at radius 1 is 1.10 bits per heavy atom. The summed E-state index contributed by atoms with van der Waals surface area (Å²) >= 11 is 0. The summed E-state index contributed by atoms with van der Waals surface area (Å²) in [5.41, 5.74) is 4.55. The lowest BCUT2D eigenvalue weighted by Gasteiger charge is -2.29. The Bertz CT molecular complexity index is 1460. The molecule has 1 saturated carbocycles. The Kier molecular flexibility index (Phi) is 8.20. The number of nitrogens with one attached hydrogen (secondary N) is 2. The number of carbonyl (C=O) groups excluding carboxylic acids is 3. The number of pyridine rings is 1. The number of aromatic nitrogens is 3. The van der Waals surface area contributed by atoms with Crippen LogP contribution in [0.25, 0.3) is 0 Å². The summed E-state index contributed by atoms with van der Waals surface area (Å²) in [4.78, 5) is 45.9. The Labute approximate surface area is 246 Å². The third-order valence-electron chi connectivity index (χ3n) is 7.82. The quantitative estimate of drug-likeness (QED) is 0.389. The van der Waals surface area contributed by atoms with Crippen LogP contribution in [0, 0.1) is 5.41 Å². The van der Waals surface area contributed by atoms with Crippen molar-refractivity contribution in [2.24, 2.45) is 5.41 Å². The molecule has 1 aromatic carbocycles. The highest BCUT2D eigenvalue weighted by atomic mass is 16.5. The molecule has 222 valence electrons. The van der Waals surface area contributed by atoms with Crippen LogP contribution in [0.1, 0.15) is 77.3 Å². The molecule has 11 nitrogen and oxygen atoms in total. The molecule has 0 unspecified atom stereocenters. The molecule has 3 heterocycles. The normalized spacial score (nSPS) is 15.1. The van der Waals surface area contributed by atoms with E-state index in [2.05, 4.69) is 41.3 Å². The average Bonchev–Trinajstić information content (AvgIpc) is 3.60. The maximum atomic E-state index is 13.4. The Morgan fingerprint density at radius 3 is 2.45 bits per heavy atom. The number of benzene rings is 1. The SMILES string of the molecule is CC(C)n1nc(C(=O)NCc2ccc(NC(=O)OCC3(C)CC3)cc2)c2c1CCN(c1ccc(C(=O)N(C)C)cn1)C2. The zero-order valence-corrected chi connectivity index (χ0v) is 24.9. The lowest BCUT2D eigenvalue weighted by Crippen LogP contribution is -2.33. The van der Waals surface area contributed by atoms with E-state index in [4.69, 9.17) is 9.84 Å². The monoisotopic (exact) mass is 573 g/mol. The summed E-state index contributed by atoms with van der Waals surface area (Å²) < 4.78 is 7.26. The first-order valence-corrected chi connectivity index (χ1v) is 14.4. The zero-order chi connectivity index (χ0) is 30.0. The molecule has 42 heavy (non-hydrogen) atoms. The van der Waals surface area contributed by atoms with Crippen LogP contribution in [-0.2, 0) is 24.2 Å². The summed E-state index contributed by atoms with van der Waals surface area (Å²) in [7, 11) is 3.42. The van der Waals surface area contributed by atoms with Gasteiger partial charge < -0.3 is 19.9 Å². The van der Waals surface area contributed by atoms with Crippen molar-refractivity contribution in [2.45, 2.75) is 59.2 Å². The number of carbonyl (C=O) groups is 3. The van der Waals surface area contributed by atoms with E-state index >= 15 is 0 Å². The van der Waals surface area contributed by atoms with Gasteiger partial charge in [0.05, 0.1) is 12.2 Å². The third kappa shape index (κ3) is 6.56. The molecule has 3 aromatic rings. The number of amides is 3. The van der Waals surface area contributed by atoms with Gasteiger partial charge >= 0.3 is 6.09 Å². The Morgan fingerprint density at radius 2 is 1.83 bits per heavy atom. The van der Waals surface area contributed by atoms with E-state index < -0.39 is 6.09 Å². The fraction of sp³-hybridized carbons (Fsp3) is 0.452. The number of fused-ring (bicyclic) bond motifs is 1. The lowest BCUT2D eigenvalue weighted by molar-refractivity contribution is 0.0826. The zero-order valence-electron chi connectivity index (χ0n) is 24.9. The van der Waals surface area contributed by atoms with Crippen LogP contribution in [0.15, 0.2) is 42.6 Å².